The Kier molecular flexibility index (Phi) is 3.03. The normalized spacial score (nSPS) is 11.9. The van der Waals surface area contributed by atoms with Gasteiger partial charge in [-0.2, -0.15) is 8.42 Å². The molecule has 3 N–H and O–H groups in total. The second-order valence-electron chi connectivity index (χ2n) is 4.40. The molecule has 0 unspecified atom stereocenters. The summed E-state index contributed by atoms with van der Waals surface area (Å²) < 4.78 is 28.2. The number of halogens is 1. The molecule has 2 aromatic heterocycles. The molecule has 0 fully saturated rings. The minimum Gasteiger partial charge on any atom is -0.324 e. The Morgan fingerprint density at radius 1 is 1.29 bits per heavy atom. The average Bonchev–Trinajstić information content (AvgIpc) is 2.92. The molecule has 21 heavy (non-hydrogen) atoms. The Bertz CT molecular complexity index is 985. The first-order chi connectivity index (χ1) is 9.87. The number of hydrogen-bond acceptors (Lipinski definition) is 4. The third-order valence-electron chi connectivity index (χ3n) is 2.86. The fourth-order valence-electron chi connectivity index (χ4n) is 1.87. The van der Waals surface area contributed by atoms with Crippen molar-refractivity contribution in [3.63, 3.8) is 0 Å². The fraction of sp³-hybridized carbons (Fsp3) is 0.0909. The van der Waals surface area contributed by atoms with Crippen molar-refractivity contribution < 1.29 is 8.42 Å². The topological polar surface area (TPSA) is 113 Å². The molecular weight excluding hydrogens is 318 g/mol. The summed E-state index contributed by atoms with van der Waals surface area (Å²) in [6, 6.07) is 4.62. The SMILES string of the molecule is Cn1cnc(S(=O)(=O)Nc2ccc3[nH]c(=O)[nH]c3c2)c1Cl. The number of H-pyrrole nitrogens is 2. The van der Waals surface area contributed by atoms with Gasteiger partial charge < -0.3 is 14.5 Å². The summed E-state index contributed by atoms with van der Waals surface area (Å²) >= 11 is 5.89. The molecule has 0 aliphatic rings. The van der Waals surface area contributed by atoms with Crippen LogP contribution in [0.25, 0.3) is 11.0 Å². The van der Waals surface area contributed by atoms with Crippen LogP contribution in [0.4, 0.5) is 5.69 Å². The summed E-state index contributed by atoms with van der Waals surface area (Å²) in [7, 11) is -2.31. The molecule has 0 spiro atoms. The average molecular weight is 328 g/mol. The van der Waals surface area contributed by atoms with Crippen molar-refractivity contribution >= 4 is 38.3 Å². The van der Waals surface area contributed by atoms with Gasteiger partial charge >= 0.3 is 5.69 Å². The maximum absolute atomic E-state index is 12.2. The molecule has 0 radical (unpaired) electrons. The second-order valence-corrected chi connectivity index (χ2v) is 6.35. The lowest BCUT2D eigenvalue weighted by molar-refractivity contribution is 0.598. The van der Waals surface area contributed by atoms with E-state index in [-0.39, 0.29) is 15.9 Å². The summed E-state index contributed by atoms with van der Waals surface area (Å²) in [5.74, 6) is 0. The van der Waals surface area contributed by atoms with Gasteiger partial charge in [-0.1, -0.05) is 11.6 Å². The minimum atomic E-state index is -3.90. The fourth-order valence-corrected chi connectivity index (χ4v) is 3.36. The standard InChI is InChI=1S/C11H10ClN5O3S/c1-17-5-13-10(9(17)12)21(19,20)16-6-2-3-7-8(4-6)15-11(18)14-7/h2-5,16H,1H3,(H2,14,15,18). The first kappa shape index (κ1) is 13.7. The van der Waals surface area contributed by atoms with E-state index < -0.39 is 10.0 Å². The van der Waals surface area contributed by atoms with E-state index in [4.69, 9.17) is 11.6 Å². The van der Waals surface area contributed by atoms with Crippen LogP contribution in [0.15, 0.2) is 34.3 Å². The number of aromatic nitrogens is 4. The number of anilines is 1. The van der Waals surface area contributed by atoms with E-state index in [2.05, 4.69) is 19.7 Å². The van der Waals surface area contributed by atoms with Crippen molar-refractivity contribution in [2.45, 2.75) is 5.03 Å². The molecule has 3 aromatic rings. The number of nitrogens with one attached hydrogen (secondary N) is 3. The molecule has 3 rings (SSSR count). The number of sulfonamides is 1. The van der Waals surface area contributed by atoms with Crippen molar-refractivity contribution in [2.75, 3.05) is 4.72 Å². The summed E-state index contributed by atoms with van der Waals surface area (Å²) in [6.45, 7) is 0. The number of rotatable bonds is 3. The highest BCUT2D eigenvalue weighted by Gasteiger charge is 2.22. The smallest absolute Gasteiger partial charge is 0.323 e. The highest BCUT2D eigenvalue weighted by Crippen LogP contribution is 2.22. The van der Waals surface area contributed by atoms with Crippen LogP contribution in [0.5, 0.6) is 0 Å². The van der Waals surface area contributed by atoms with Crippen molar-refractivity contribution in [3.05, 3.63) is 40.2 Å². The van der Waals surface area contributed by atoms with Crippen LogP contribution < -0.4 is 10.4 Å². The summed E-state index contributed by atoms with van der Waals surface area (Å²) in [4.78, 5) is 20.1. The lowest BCUT2D eigenvalue weighted by atomic mass is 10.3. The predicted molar refractivity (Wildman–Crippen MR) is 77.9 cm³/mol. The van der Waals surface area contributed by atoms with Gasteiger partial charge in [-0.05, 0) is 18.2 Å². The van der Waals surface area contributed by atoms with E-state index in [1.807, 2.05) is 0 Å². The van der Waals surface area contributed by atoms with Gasteiger partial charge in [0.15, 0.2) is 0 Å². The van der Waals surface area contributed by atoms with E-state index in [0.29, 0.717) is 16.7 Å². The molecule has 110 valence electrons. The van der Waals surface area contributed by atoms with E-state index in [1.54, 1.807) is 13.1 Å². The monoisotopic (exact) mass is 327 g/mol. The number of benzene rings is 1. The van der Waals surface area contributed by atoms with Gasteiger partial charge in [0.1, 0.15) is 5.15 Å². The van der Waals surface area contributed by atoms with Gasteiger partial charge in [-0.15, -0.1) is 0 Å². The molecular formula is C11H10ClN5O3S. The van der Waals surface area contributed by atoms with E-state index in [0.717, 1.165) is 0 Å². The molecule has 0 bridgehead atoms. The maximum atomic E-state index is 12.2. The first-order valence-corrected chi connectivity index (χ1v) is 7.64. The third-order valence-corrected chi connectivity index (χ3v) is 4.73. The molecule has 0 saturated carbocycles. The zero-order valence-corrected chi connectivity index (χ0v) is 12.3. The molecule has 0 aliphatic carbocycles. The zero-order valence-electron chi connectivity index (χ0n) is 10.7. The van der Waals surface area contributed by atoms with Gasteiger partial charge in [-0.25, -0.2) is 9.78 Å². The van der Waals surface area contributed by atoms with Crippen molar-refractivity contribution in [1.29, 1.82) is 0 Å². The number of fused-ring (bicyclic) bond motifs is 1. The van der Waals surface area contributed by atoms with Crippen LogP contribution >= 0.6 is 11.6 Å². The van der Waals surface area contributed by atoms with Gasteiger partial charge in [0, 0.05) is 7.05 Å². The second kappa shape index (κ2) is 4.64. The van der Waals surface area contributed by atoms with Crippen LogP contribution in [0, 0.1) is 0 Å². The molecule has 0 atom stereocenters. The minimum absolute atomic E-state index is 0.0126. The first-order valence-electron chi connectivity index (χ1n) is 5.78. The van der Waals surface area contributed by atoms with Crippen molar-refractivity contribution in [1.82, 2.24) is 19.5 Å². The molecule has 2 heterocycles. The molecule has 0 saturated heterocycles. The van der Waals surface area contributed by atoms with Crippen LogP contribution in [-0.4, -0.2) is 27.9 Å². The highest BCUT2D eigenvalue weighted by molar-refractivity contribution is 7.92. The van der Waals surface area contributed by atoms with Gasteiger partial charge in [0.25, 0.3) is 10.0 Å². The molecule has 0 amide bonds. The Morgan fingerprint density at radius 3 is 2.67 bits per heavy atom. The van der Waals surface area contributed by atoms with Gasteiger partial charge in [-0.3, -0.25) is 4.72 Å². The van der Waals surface area contributed by atoms with Crippen molar-refractivity contribution in [2.24, 2.45) is 7.05 Å². The van der Waals surface area contributed by atoms with Crippen LogP contribution in [-0.2, 0) is 17.1 Å². The lowest BCUT2D eigenvalue weighted by Crippen LogP contribution is -2.14. The summed E-state index contributed by atoms with van der Waals surface area (Å²) in [5.41, 5.74) is 1.00. The molecule has 8 nitrogen and oxygen atoms in total. The van der Waals surface area contributed by atoms with E-state index in [1.165, 1.54) is 23.0 Å². The highest BCUT2D eigenvalue weighted by atomic mass is 35.5. The van der Waals surface area contributed by atoms with Crippen LogP contribution in [0.2, 0.25) is 5.15 Å². The van der Waals surface area contributed by atoms with Crippen molar-refractivity contribution in [3.8, 4) is 0 Å². The number of nitrogens with zero attached hydrogens (tertiary/aromatic N) is 2. The van der Waals surface area contributed by atoms with Gasteiger partial charge in [0.05, 0.1) is 23.0 Å². The Balaban J connectivity index is 2.00. The summed E-state index contributed by atoms with van der Waals surface area (Å²) in [5, 5.41) is -0.243. The quantitative estimate of drug-likeness (QED) is 0.667. The lowest BCUT2D eigenvalue weighted by Gasteiger charge is -2.06. The summed E-state index contributed by atoms with van der Waals surface area (Å²) in [6.07, 6.45) is 1.31. The predicted octanol–water partition coefficient (Wildman–Crippen LogP) is 1.04. The Morgan fingerprint density at radius 2 is 2.00 bits per heavy atom. The third kappa shape index (κ3) is 2.41. The number of imidazole rings is 2. The Hall–Kier alpha value is -2.26. The van der Waals surface area contributed by atoms with Crippen LogP contribution in [0.3, 0.4) is 0 Å². The number of aryl methyl sites for hydroxylation is 1. The molecule has 0 aliphatic heterocycles. The molecule has 10 heteroatoms. The maximum Gasteiger partial charge on any atom is 0.323 e. The van der Waals surface area contributed by atoms with Crippen LogP contribution in [0.1, 0.15) is 0 Å². The molecule has 1 aromatic carbocycles. The van der Waals surface area contributed by atoms with Gasteiger partial charge in [0.2, 0.25) is 5.03 Å². The van der Waals surface area contributed by atoms with E-state index in [9.17, 15) is 13.2 Å². The Labute approximate surface area is 123 Å². The zero-order chi connectivity index (χ0) is 15.2. The number of hydrogen-bond donors (Lipinski definition) is 3. The largest absolute Gasteiger partial charge is 0.324 e. The number of aromatic amines is 2. The van der Waals surface area contributed by atoms with E-state index >= 15 is 0 Å².